The van der Waals surface area contributed by atoms with Crippen molar-refractivity contribution in [2.75, 3.05) is 13.1 Å². The molecule has 0 radical (unpaired) electrons. The van der Waals surface area contributed by atoms with Gasteiger partial charge in [-0.1, -0.05) is 13.0 Å². The fraction of sp³-hybridized carbons (Fsp3) is 0.500. The number of aryl methyl sites for hydroxylation is 3. The number of ether oxygens (including phenoxy) is 1. The van der Waals surface area contributed by atoms with E-state index in [-0.39, 0.29) is 5.75 Å². The number of carboxylic acids is 1. The van der Waals surface area contributed by atoms with E-state index >= 15 is 0 Å². The number of carbonyl (C=O) groups is 1. The number of carboxylic acid groups (broad SMARTS) is 1. The summed E-state index contributed by atoms with van der Waals surface area (Å²) in [6.45, 7) is 7.62. The van der Waals surface area contributed by atoms with Gasteiger partial charge in [-0.05, 0) is 31.5 Å². The van der Waals surface area contributed by atoms with E-state index in [1.165, 1.54) is 6.07 Å². The molecule has 146 valence electrons. The maximum absolute atomic E-state index is 14.1. The largest absolute Gasteiger partial charge is 0.478 e. The van der Waals surface area contributed by atoms with Gasteiger partial charge in [-0.3, -0.25) is 4.90 Å². The summed E-state index contributed by atoms with van der Waals surface area (Å²) in [6, 6.07) is 4.49. The monoisotopic (exact) mass is 375 g/mol. The number of aromatic nitrogens is 2. The van der Waals surface area contributed by atoms with Crippen molar-refractivity contribution in [1.29, 1.82) is 0 Å². The number of H-pyrrole nitrogens is 1. The first-order valence-corrected chi connectivity index (χ1v) is 9.28. The van der Waals surface area contributed by atoms with Gasteiger partial charge >= 0.3 is 5.97 Å². The number of aromatic amines is 1. The number of nitrogens with zero attached hydrogens (tertiary/aromatic N) is 2. The summed E-state index contributed by atoms with van der Waals surface area (Å²) < 4.78 is 19.8. The molecule has 1 aliphatic heterocycles. The maximum Gasteiger partial charge on any atom is 0.348 e. The minimum atomic E-state index is -1.40. The molecule has 7 heteroatoms. The molecule has 2 aromatic rings. The van der Waals surface area contributed by atoms with E-state index in [1.807, 2.05) is 20.8 Å². The summed E-state index contributed by atoms with van der Waals surface area (Å²) in [5.74, 6) is -0.630. The van der Waals surface area contributed by atoms with Gasteiger partial charge in [0.05, 0.1) is 5.69 Å². The number of nitrogens with one attached hydrogen (secondary N) is 1. The zero-order valence-corrected chi connectivity index (χ0v) is 16.0. The molecule has 6 nitrogen and oxygen atoms in total. The lowest BCUT2D eigenvalue weighted by Crippen LogP contribution is -2.53. The second-order valence-electron chi connectivity index (χ2n) is 7.22. The molecule has 2 N–H and O–H groups in total. The summed E-state index contributed by atoms with van der Waals surface area (Å²) in [6.07, 6.45) is 1.43. The van der Waals surface area contributed by atoms with Gasteiger partial charge in [-0.25, -0.2) is 14.2 Å². The molecule has 0 aliphatic carbocycles. The molecule has 27 heavy (non-hydrogen) atoms. The van der Waals surface area contributed by atoms with Crippen LogP contribution in [0, 0.1) is 19.7 Å². The number of piperidine rings is 1. The first kappa shape index (κ1) is 19.4. The summed E-state index contributed by atoms with van der Waals surface area (Å²) in [7, 11) is 0. The molecule has 1 saturated heterocycles. The number of likely N-dealkylation sites (tertiary alicyclic amines) is 1. The maximum atomic E-state index is 14.1. The molecule has 1 aromatic carbocycles. The third-order valence-electron chi connectivity index (χ3n) is 5.19. The van der Waals surface area contributed by atoms with Gasteiger partial charge in [-0.2, -0.15) is 0 Å². The van der Waals surface area contributed by atoms with Crippen LogP contribution >= 0.6 is 0 Å². The van der Waals surface area contributed by atoms with Gasteiger partial charge in [0.2, 0.25) is 5.60 Å². The highest BCUT2D eigenvalue weighted by Crippen LogP contribution is 2.32. The summed E-state index contributed by atoms with van der Waals surface area (Å²) in [4.78, 5) is 22.0. The second-order valence-corrected chi connectivity index (χ2v) is 7.22. The SMILES string of the molecule is CCc1nc(CN2CCC(Oc3cc(C)ccc3F)(C(=O)O)CC2)c(C)[nH]1. The van der Waals surface area contributed by atoms with Crippen LogP contribution in [0.2, 0.25) is 0 Å². The van der Waals surface area contributed by atoms with Gasteiger partial charge in [0.15, 0.2) is 11.6 Å². The molecular weight excluding hydrogens is 349 g/mol. The number of halogens is 1. The van der Waals surface area contributed by atoms with Crippen LogP contribution in [0.25, 0.3) is 0 Å². The lowest BCUT2D eigenvalue weighted by Gasteiger charge is -2.38. The molecule has 1 aromatic heterocycles. The van der Waals surface area contributed by atoms with Crippen molar-refractivity contribution in [2.24, 2.45) is 0 Å². The lowest BCUT2D eigenvalue weighted by molar-refractivity contribution is -0.160. The van der Waals surface area contributed by atoms with E-state index in [0.29, 0.717) is 32.5 Å². The van der Waals surface area contributed by atoms with Crippen LogP contribution in [0.3, 0.4) is 0 Å². The van der Waals surface area contributed by atoms with E-state index in [4.69, 9.17) is 4.74 Å². The Bertz CT molecular complexity index is 826. The Balaban J connectivity index is 1.70. The summed E-state index contributed by atoms with van der Waals surface area (Å²) in [5.41, 5.74) is 1.45. The highest BCUT2D eigenvalue weighted by Gasteiger charge is 2.44. The molecule has 0 unspecified atom stereocenters. The van der Waals surface area contributed by atoms with Gasteiger partial charge in [-0.15, -0.1) is 0 Å². The topological polar surface area (TPSA) is 78.5 Å². The van der Waals surface area contributed by atoms with Crippen molar-refractivity contribution < 1.29 is 19.0 Å². The molecule has 0 atom stereocenters. The smallest absolute Gasteiger partial charge is 0.348 e. The Kier molecular flexibility index (Phi) is 5.51. The zero-order valence-electron chi connectivity index (χ0n) is 16.0. The Labute approximate surface area is 158 Å². The van der Waals surface area contributed by atoms with Crippen molar-refractivity contribution in [3.63, 3.8) is 0 Å². The minimum Gasteiger partial charge on any atom is -0.478 e. The van der Waals surface area contributed by atoms with Crippen LogP contribution in [0.5, 0.6) is 5.75 Å². The first-order chi connectivity index (χ1) is 12.8. The third kappa shape index (κ3) is 4.13. The molecule has 1 fully saturated rings. The van der Waals surface area contributed by atoms with Crippen molar-refractivity contribution in [3.8, 4) is 5.75 Å². The summed E-state index contributed by atoms with van der Waals surface area (Å²) in [5, 5.41) is 9.78. The average Bonchev–Trinajstić information content (AvgIpc) is 2.99. The fourth-order valence-corrected chi connectivity index (χ4v) is 3.43. The minimum absolute atomic E-state index is 0.00147. The molecular formula is C20H26FN3O3. The van der Waals surface area contributed by atoms with Crippen molar-refractivity contribution in [1.82, 2.24) is 14.9 Å². The van der Waals surface area contributed by atoms with E-state index in [9.17, 15) is 14.3 Å². The van der Waals surface area contributed by atoms with Crippen molar-refractivity contribution in [3.05, 3.63) is 46.8 Å². The lowest BCUT2D eigenvalue weighted by atomic mass is 9.91. The molecule has 2 heterocycles. The van der Waals surface area contributed by atoms with Crippen LogP contribution in [0.4, 0.5) is 4.39 Å². The van der Waals surface area contributed by atoms with E-state index in [2.05, 4.69) is 14.9 Å². The number of imidazole rings is 1. The van der Waals surface area contributed by atoms with Crippen LogP contribution in [0.15, 0.2) is 18.2 Å². The Hall–Kier alpha value is -2.41. The van der Waals surface area contributed by atoms with Gasteiger partial charge in [0.1, 0.15) is 5.82 Å². The van der Waals surface area contributed by atoms with E-state index in [1.54, 1.807) is 12.1 Å². The van der Waals surface area contributed by atoms with Gasteiger partial charge < -0.3 is 14.8 Å². The highest BCUT2D eigenvalue weighted by molar-refractivity contribution is 5.78. The summed E-state index contributed by atoms with van der Waals surface area (Å²) >= 11 is 0. The fourth-order valence-electron chi connectivity index (χ4n) is 3.43. The van der Waals surface area contributed by atoms with Crippen LogP contribution in [-0.2, 0) is 17.8 Å². The Morgan fingerprint density at radius 1 is 1.37 bits per heavy atom. The first-order valence-electron chi connectivity index (χ1n) is 9.28. The predicted octanol–water partition coefficient (Wildman–Crippen LogP) is 3.23. The molecule has 0 saturated carbocycles. The number of benzene rings is 1. The quantitative estimate of drug-likeness (QED) is 0.810. The molecule has 1 aliphatic rings. The average molecular weight is 375 g/mol. The highest BCUT2D eigenvalue weighted by atomic mass is 19.1. The van der Waals surface area contributed by atoms with Gasteiger partial charge in [0.25, 0.3) is 0 Å². The van der Waals surface area contributed by atoms with Crippen molar-refractivity contribution in [2.45, 2.75) is 52.2 Å². The van der Waals surface area contributed by atoms with Crippen LogP contribution in [0.1, 0.15) is 42.5 Å². The number of rotatable bonds is 6. The molecule has 0 bridgehead atoms. The zero-order chi connectivity index (χ0) is 19.6. The van der Waals surface area contributed by atoms with Crippen molar-refractivity contribution >= 4 is 5.97 Å². The Morgan fingerprint density at radius 2 is 2.07 bits per heavy atom. The number of hydrogen-bond acceptors (Lipinski definition) is 4. The molecule has 3 rings (SSSR count). The van der Waals surface area contributed by atoms with Crippen LogP contribution in [-0.4, -0.2) is 44.6 Å². The van der Waals surface area contributed by atoms with Gasteiger partial charge in [0, 0.05) is 44.6 Å². The van der Waals surface area contributed by atoms with E-state index in [0.717, 1.165) is 29.2 Å². The number of aliphatic carboxylic acids is 1. The standard InChI is InChI=1S/C20H26FN3O3/c1-4-18-22-14(3)16(23-18)12-24-9-7-20(8-10-24,19(25)26)27-17-11-13(2)5-6-15(17)21/h5-6,11H,4,7-10,12H2,1-3H3,(H,22,23)(H,25,26). The molecule has 0 spiro atoms. The molecule has 0 amide bonds. The third-order valence-corrected chi connectivity index (χ3v) is 5.19. The predicted molar refractivity (Wildman–Crippen MR) is 99.3 cm³/mol. The second kappa shape index (κ2) is 7.68. The normalized spacial score (nSPS) is 17.0. The van der Waals surface area contributed by atoms with Crippen LogP contribution < -0.4 is 4.74 Å². The number of hydrogen-bond donors (Lipinski definition) is 2. The Morgan fingerprint density at radius 3 is 2.67 bits per heavy atom. The van der Waals surface area contributed by atoms with E-state index < -0.39 is 17.4 Å².